The Kier molecular flexibility index (Phi) is 2.41. The van der Waals surface area contributed by atoms with E-state index in [1.807, 2.05) is 6.92 Å². The molecule has 3 nitrogen and oxygen atoms in total. The van der Waals surface area contributed by atoms with Crippen LogP contribution in [-0.4, -0.2) is 10.1 Å². The van der Waals surface area contributed by atoms with E-state index in [0.29, 0.717) is 11.3 Å². The van der Waals surface area contributed by atoms with Crippen molar-refractivity contribution in [1.29, 1.82) is 5.26 Å². The van der Waals surface area contributed by atoms with Crippen molar-refractivity contribution >= 4 is 0 Å². The molecule has 0 bridgehead atoms. The summed E-state index contributed by atoms with van der Waals surface area (Å²) in [7, 11) is 0. The zero-order valence-electron chi connectivity index (χ0n) is 7.13. The second-order valence-corrected chi connectivity index (χ2v) is 2.66. The zero-order valence-corrected chi connectivity index (χ0v) is 7.13. The highest BCUT2D eigenvalue weighted by Crippen LogP contribution is 2.14. The van der Waals surface area contributed by atoms with Gasteiger partial charge in [0.2, 0.25) is 0 Å². The fourth-order valence-corrected chi connectivity index (χ4v) is 1.11. The maximum atomic E-state index is 8.86. The van der Waals surface area contributed by atoms with Crippen LogP contribution in [0.25, 0.3) is 0 Å². The van der Waals surface area contributed by atoms with E-state index in [-0.39, 0.29) is 6.61 Å². The minimum atomic E-state index is -0.110. The summed E-state index contributed by atoms with van der Waals surface area (Å²) in [5.41, 5.74) is 2.83. The largest absolute Gasteiger partial charge is 0.390 e. The second-order valence-electron chi connectivity index (χ2n) is 2.66. The lowest BCUT2D eigenvalue weighted by atomic mass is 10.1. The fraction of sp³-hybridized carbons (Fsp3) is 0.333. The molecule has 0 saturated carbocycles. The normalized spacial score (nSPS) is 9.50. The monoisotopic (exact) mass is 162 g/mol. The number of nitriles is 1. The molecule has 1 rings (SSSR count). The Morgan fingerprint density at radius 2 is 2.25 bits per heavy atom. The van der Waals surface area contributed by atoms with Crippen molar-refractivity contribution < 1.29 is 5.11 Å². The molecule has 0 unspecified atom stereocenters. The van der Waals surface area contributed by atoms with Crippen LogP contribution in [0, 0.1) is 25.2 Å². The first-order chi connectivity index (χ1) is 5.70. The topological polar surface area (TPSA) is 56.9 Å². The Bertz CT molecular complexity index is 339. The number of aromatic nitrogens is 1. The molecule has 1 aromatic heterocycles. The van der Waals surface area contributed by atoms with Crippen molar-refractivity contribution in [2.24, 2.45) is 0 Å². The Morgan fingerprint density at radius 3 is 2.75 bits per heavy atom. The average Bonchev–Trinajstić information content (AvgIpc) is 2.06. The van der Waals surface area contributed by atoms with E-state index in [4.69, 9.17) is 10.4 Å². The van der Waals surface area contributed by atoms with E-state index in [1.165, 1.54) is 0 Å². The van der Waals surface area contributed by atoms with Crippen LogP contribution in [0.1, 0.15) is 22.4 Å². The van der Waals surface area contributed by atoms with Crippen LogP contribution < -0.4 is 0 Å². The molecule has 3 heteroatoms. The van der Waals surface area contributed by atoms with Gasteiger partial charge in [-0.2, -0.15) is 5.26 Å². The molecule has 0 atom stereocenters. The number of rotatable bonds is 1. The Morgan fingerprint density at radius 1 is 1.58 bits per heavy atom. The molecular formula is C9H10N2O. The molecule has 0 aromatic carbocycles. The maximum Gasteiger partial charge on any atom is 0.0998 e. The van der Waals surface area contributed by atoms with Gasteiger partial charge in [0.25, 0.3) is 0 Å². The molecule has 0 amide bonds. The van der Waals surface area contributed by atoms with Gasteiger partial charge in [-0.15, -0.1) is 0 Å². The van der Waals surface area contributed by atoms with E-state index in [9.17, 15) is 0 Å². The van der Waals surface area contributed by atoms with Crippen LogP contribution in [-0.2, 0) is 6.61 Å². The third-order valence-corrected chi connectivity index (χ3v) is 1.88. The average molecular weight is 162 g/mol. The van der Waals surface area contributed by atoms with Crippen molar-refractivity contribution in [2.45, 2.75) is 20.5 Å². The first-order valence-electron chi connectivity index (χ1n) is 3.66. The lowest BCUT2D eigenvalue weighted by molar-refractivity contribution is 0.276. The van der Waals surface area contributed by atoms with Crippen molar-refractivity contribution in [2.75, 3.05) is 0 Å². The van der Waals surface area contributed by atoms with E-state index >= 15 is 0 Å². The quantitative estimate of drug-likeness (QED) is 0.671. The molecule has 0 spiro atoms. The number of aliphatic hydroxyl groups is 1. The lowest BCUT2D eigenvalue weighted by Gasteiger charge is -2.04. The molecule has 0 saturated heterocycles. The third kappa shape index (κ3) is 1.29. The molecular weight excluding hydrogens is 152 g/mol. The molecule has 0 aliphatic carbocycles. The molecule has 0 fully saturated rings. The molecule has 0 aliphatic rings. The summed E-state index contributed by atoms with van der Waals surface area (Å²) in [5.74, 6) is 0. The first-order valence-corrected chi connectivity index (χ1v) is 3.66. The maximum absolute atomic E-state index is 8.86. The number of aliphatic hydroxyl groups excluding tert-OH is 1. The summed E-state index contributed by atoms with van der Waals surface area (Å²) < 4.78 is 0. The first kappa shape index (κ1) is 8.69. The smallest absolute Gasteiger partial charge is 0.0998 e. The SMILES string of the molecule is Cc1cnc(CO)c(C)c1C#N. The zero-order chi connectivity index (χ0) is 9.14. The summed E-state index contributed by atoms with van der Waals surface area (Å²) in [6.07, 6.45) is 1.61. The van der Waals surface area contributed by atoms with Gasteiger partial charge in [-0.05, 0) is 25.0 Å². The molecule has 1 aromatic rings. The van der Waals surface area contributed by atoms with E-state index in [2.05, 4.69) is 11.1 Å². The van der Waals surface area contributed by atoms with Gasteiger partial charge in [-0.1, -0.05) is 0 Å². The number of aryl methyl sites for hydroxylation is 1. The highest BCUT2D eigenvalue weighted by Gasteiger charge is 2.06. The summed E-state index contributed by atoms with van der Waals surface area (Å²) in [6, 6.07) is 2.09. The lowest BCUT2D eigenvalue weighted by Crippen LogP contribution is -1.98. The predicted molar refractivity (Wildman–Crippen MR) is 44.3 cm³/mol. The van der Waals surface area contributed by atoms with E-state index < -0.39 is 0 Å². The molecule has 12 heavy (non-hydrogen) atoms. The van der Waals surface area contributed by atoms with Crippen LogP contribution in [0.5, 0.6) is 0 Å². The van der Waals surface area contributed by atoms with Crippen LogP contribution in [0.2, 0.25) is 0 Å². The molecule has 1 N–H and O–H groups in total. The van der Waals surface area contributed by atoms with Gasteiger partial charge in [0.05, 0.1) is 23.9 Å². The van der Waals surface area contributed by atoms with Gasteiger partial charge in [-0.25, -0.2) is 0 Å². The van der Waals surface area contributed by atoms with Crippen LogP contribution in [0.15, 0.2) is 6.20 Å². The Balaban J connectivity index is 3.36. The highest BCUT2D eigenvalue weighted by atomic mass is 16.3. The van der Waals surface area contributed by atoms with Crippen molar-refractivity contribution in [1.82, 2.24) is 4.98 Å². The van der Waals surface area contributed by atoms with Gasteiger partial charge >= 0.3 is 0 Å². The van der Waals surface area contributed by atoms with Gasteiger partial charge in [0, 0.05) is 6.20 Å². The van der Waals surface area contributed by atoms with Crippen molar-refractivity contribution in [3.05, 3.63) is 28.6 Å². The number of pyridine rings is 1. The number of hydrogen-bond donors (Lipinski definition) is 1. The molecule has 0 radical (unpaired) electrons. The van der Waals surface area contributed by atoms with Gasteiger partial charge < -0.3 is 5.11 Å². The minimum Gasteiger partial charge on any atom is -0.390 e. The van der Waals surface area contributed by atoms with Crippen molar-refractivity contribution in [3.8, 4) is 6.07 Å². The predicted octanol–water partition coefficient (Wildman–Crippen LogP) is 1.06. The van der Waals surface area contributed by atoms with Crippen LogP contribution in [0.4, 0.5) is 0 Å². The number of nitrogens with zero attached hydrogens (tertiary/aromatic N) is 2. The highest BCUT2D eigenvalue weighted by molar-refractivity contribution is 5.43. The van der Waals surface area contributed by atoms with Crippen molar-refractivity contribution in [3.63, 3.8) is 0 Å². The number of hydrogen-bond acceptors (Lipinski definition) is 3. The third-order valence-electron chi connectivity index (χ3n) is 1.88. The summed E-state index contributed by atoms with van der Waals surface area (Å²) in [6.45, 7) is 3.52. The Hall–Kier alpha value is -1.40. The summed E-state index contributed by atoms with van der Waals surface area (Å²) in [4.78, 5) is 4.00. The second kappa shape index (κ2) is 3.33. The van der Waals surface area contributed by atoms with Crippen LogP contribution in [0.3, 0.4) is 0 Å². The van der Waals surface area contributed by atoms with E-state index in [0.717, 1.165) is 11.1 Å². The molecule has 1 heterocycles. The minimum absolute atomic E-state index is 0.110. The molecule has 0 aliphatic heterocycles. The van der Waals surface area contributed by atoms with Gasteiger partial charge in [0.1, 0.15) is 0 Å². The Labute approximate surface area is 71.3 Å². The summed E-state index contributed by atoms with van der Waals surface area (Å²) >= 11 is 0. The van der Waals surface area contributed by atoms with Crippen LogP contribution >= 0.6 is 0 Å². The van der Waals surface area contributed by atoms with Gasteiger partial charge in [-0.3, -0.25) is 4.98 Å². The fourth-order valence-electron chi connectivity index (χ4n) is 1.11. The molecule has 62 valence electrons. The summed E-state index contributed by atoms with van der Waals surface area (Å²) in [5, 5.41) is 17.6. The van der Waals surface area contributed by atoms with Gasteiger partial charge in [0.15, 0.2) is 0 Å². The standard InChI is InChI=1S/C9H10N2O/c1-6-4-11-9(5-12)7(2)8(6)3-10/h4,12H,5H2,1-2H3. The van der Waals surface area contributed by atoms with E-state index in [1.54, 1.807) is 13.1 Å².